The van der Waals surface area contributed by atoms with Crippen LogP contribution in [0.1, 0.15) is 11.3 Å². The van der Waals surface area contributed by atoms with Crippen LogP contribution < -0.4 is 24.8 Å². The molecule has 0 saturated carbocycles. The third-order valence-electron chi connectivity index (χ3n) is 4.12. The Morgan fingerprint density at radius 1 is 0.821 bits per heavy atom. The van der Waals surface area contributed by atoms with Crippen LogP contribution in [0.5, 0.6) is 17.2 Å². The van der Waals surface area contributed by atoms with Gasteiger partial charge in [0.1, 0.15) is 11.6 Å². The lowest BCUT2D eigenvalue weighted by Crippen LogP contribution is -2.06. The quantitative estimate of drug-likeness (QED) is 0.607. The van der Waals surface area contributed by atoms with Crippen LogP contribution in [0.25, 0.3) is 0 Å². The standard InChI is InChI=1S/C21H24N4O3/c1-14-11-20(24-16-6-8-17(26-2)9-7-16)25-21(23-14)22-13-15-5-10-18(27-3)19(12-15)28-4/h5-12H,13H2,1-4H3,(H2,22,23,24,25). The summed E-state index contributed by atoms with van der Waals surface area (Å²) in [5.74, 6) is 3.46. The number of hydrogen-bond acceptors (Lipinski definition) is 7. The Balaban J connectivity index is 1.70. The van der Waals surface area contributed by atoms with Gasteiger partial charge in [0, 0.05) is 24.0 Å². The number of hydrogen-bond donors (Lipinski definition) is 2. The molecular formula is C21H24N4O3. The number of ether oxygens (including phenoxy) is 3. The third-order valence-corrected chi connectivity index (χ3v) is 4.12. The zero-order valence-electron chi connectivity index (χ0n) is 16.4. The Morgan fingerprint density at radius 3 is 2.25 bits per heavy atom. The van der Waals surface area contributed by atoms with E-state index in [1.807, 2.05) is 55.5 Å². The van der Waals surface area contributed by atoms with Crippen molar-refractivity contribution in [2.75, 3.05) is 32.0 Å². The number of rotatable bonds is 8. The summed E-state index contributed by atoms with van der Waals surface area (Å²) in [5.41, 5.74) is 2.82. The van der Waals surface area contributed by atoms with Crippen molar-refractivity contribution >= 4 is 17.5 Å². The van der Waals surface area contributed by atoms with Crippen molar-refractivity contribution in [3.05, 3.63) is 59.8 Å². The number of anilines is 3. The molecule has 0 aliphatic carbocycles. The first-order valence-corrected chi connectivity index (χ1v) is 8.83. The van der Waals surface area contributed by atoms with E-state index in [-0.39, 0.29) is 0 Å². The van der Waals surface area contributed by atoms with Gasteiger partial charge in [-0.05, 0) is 48.9 Å². The van der Waals surface area contributed by atoms with Crippen LogP contribution in [0, 0.1) is 6.92 Å². The molecule has 0 fully saturated rings. The van der Waals surface area contributed by atoms with Crippen LogP contribution in [0.2, 0.25) is 0 Å². The molecule has 0 radical (unpaired) electrons. The fraction of sp³-hybridized carbons (Fsp3) is 0.238. The van der Waals surface area contributed by atoms with Crippen LogP contribution in [-0.4, -0.2) is 31.3 Å². The predicted octanol–water partition coefficient (Wildman–Crippen LogP) is 4.17. The minimum atomic E-state index is 0.547. The number of nitrogens with one attached hydrogen (secondary N) is 2. The van der Waals surface area contributed by atoms with Gasteiger partial charge in [0.25, 0.3) is 0 Å². The van der Waals surface area contributed by atoms with E-state index in [4.69, 9.17) is 14.2 Å². The van der Waals surface area contributed by atoms with E-state index in [9.17, 15) is 0 Å². The maximum atomic E-state index is 5.35. The summed E-state index contributed by atoms with van der Waals surface area (Å²) in [4.78, 5) is 9.00. The van der Waals surface area contributed by atoms with Gasteiger partial charge in [-0.15, -0.1) is 0 Å². The van der Waals surface area contributed by atoms with E-state index in [0.29, 0.717) is 29.8 Å². The molecule has 146 valence electrons. The molecule has 2 aromatic carbocycles. The first-order chi connectivity index (χ1) is 13.6. The molecule has 7 nitrogen and oxygen atoms in total. The molecule has 28 heavy (non-hydrogen) atoms. The summed E-state index contributed by atoms with van der Waals surface area (Å²) in [6.07, 6.45) is 0. The monoisotopic (exact) mass is 380 g/mol. The molecule has 0 bridgehead atoms. The zero-order chi connectivity index (χ0) is 19.9. The number of aryl methyl sites for hydroxylation is 1. The molecule has 3 rings (SSSR count). The number of benzene rings is 2. The average molecular weight is 380 g/mol. The maximum absolute atomic E-state index is 5.35. The molecule has 1 aromatic heterocycles. The molecule has 1 heterocycles. The lowest BCUT2D eigenvalue weighted by Gasteiger charge is -2.12. The van der Waals surface area contributed by atoms with Gasteiger partial charge < -0.3 is 24.8 Å². The second kappa shape index (κ2) is 8.94. The zero-order valence-corrected chi connectivity index (χ0v) is 16.4. The summed E-state index contributed by atoms with van der Waals surface area (Å²) in [5, 5.41) is 6.54. The lowest BCUT2D eigenvalue weighted by molar-refractivity contribution is 0.354. The normalized spacial score (nSPS) is 10.3. The molecular weight excluding hydrogens is 356 g/mol. The Morgan fingerprint density at radius 2 is 1.57 bits per heavy atom. The maximum Gasteiger partial charge on any atom is 0.225 e. The van der Waals surface area contributed by atoms with Crippen molar-refractivity contribution in [3.8, 4) is 17.2 Å². The van der Waals surface area contributed by atoms with Crippen molar-refractivity contribution in [3.63, 3.8) is 0 Å². The molecule has 0 spiro atoms. The van der Waals surface area contributed by atoms with Crippen molar-refractivity contribution in [1.82, 2.24) is 9.97 Å². The van der Waals surface area contributed by atoms with Gasteiger partial charge >= 0.3 is 0 Å². The van der Waals surface area contributed by atoms with E-state index < -0.39 is 0 Å². The van der Waals surface area contributed by atoms with Crippen molar-refractivity contribution in [2.45, 2.75) is 13.5 Å². The van der Waals surface area contributed by atoms with Crippen LogP contribution in [-0.2, 0) is 6.54 Å². The summed E-state index contributed by atoms with van der Waals surface area (Å²) >= 11 is 0. The lowest BCUT2D eigenvalue weighted by atomic mass is 10.2. The molecule has 0 aliphatic heterocycles. The van der Waals surface area contributed by atoms with Gasteiger partial charge in [-0.3, -0.25) is 0 Å². The highest BCUT2D eigenvalue weighted by atomic mass is 16.5. The van der Waals surface area contributed by atoms with Gasteiger partial charge in [0.05, 0.1) is 21.3 Å². The molecule has 0 saturated heterocycles. The SMILES string of the molecule is COc1ccc(Nc2cc(C)nc(NCc3ccc(OC)c(OC)c3)n2)cc1. The van der Waals surface area contributed by atoms with E-state index in [0.717, 1.165) is 22.7 Å². The average Bonchev–Trinajstić information content (AvgIpc) is 2.72. The third kappa shape index (κ3) is 4.82. The summed E-state index contributed by atoms with van der Waals surface area (Å²) in [7, 11) is 4.89. The van der Waals surface area contributed by atoms with Crippen molar-refractivity contribution in [1.29, 1.82) is 0 Å². The summed E-state index contributed by atoms with van der Waals surface area (Å²) < 4.78 is 15.8. The van der Waals surface area contributed by atoms with E-state index >= 15 is 0 Å². The Bertz CT molecular complexity index is 929. The highest BCUT2D eigenvalue weighted by Crippen LogP contribution is 2.28. The van der Waals surface area contributed by atoms with Crippen LogP contribution >= 0.6 is 0 Å². The van der Waals surface area contributed by atoms with E-state index in [2.05, 4.69) is 20.6 Å². The number of methoxy groups -OCH3 is 3. The smallest absolute Gasteiger partial charge is 0.225 e. The highest BCUT2D eigenvalue weighted by molar-refractivity contribution is 5.58. The second-order valence-electron chi connectivity index (χ2n) is 6.11. The molecule has 0 amide bonds. The fourth-order valence-corrected chi connectivity index (χ4v) is 2.71. The van der Waals surface area contributed by atoms with Gasteiger partial charge in [0.2, 0.25) is 5.95 Å². The summed E-state index contributed by atoms with van der Waals surface area (Å²) in [6, 6.07) is 15.3. The van der Waals surface area contributed by atoms with Crippen LogP contribution in [0.15, 0.2) is 48.5 Å². The Labute approximate surface area is 164 Å². The van der Waals surface area contributed by atoms with Gasteiger partial charge in [0.15, 0.2) is 11.5 Å². The Kier molecular flexibility index (Phi) is 6.16. The van der Waals surface area contributed by atoms with E-state index in [1.54, 1.807) is 21.3 Å². The van der Waals surface area contributed by atoms with Crippen molar-refractivity contribution in [2.24, 2.45) is 0 Å². The van der Waals surface area contributed by atoms with Crippen LogP contribution in [0.4, 0.5) is 17.5 Å². The molecule has 7 heteroatoms. The number of aromatic nitrogens is 2. The Hall–Kier alpha value is -3.48. The van der Waals surface area contributed by atoms with Gasteiger partial charge in [-0.2, -0.15) is 4.98 Å². The molecule has 0 unspecified atom stereocenters. The topological polar surface area (TPSA) is 77.5 Å². The fourth-order valence-electron chi connectivity index (χ4n) is 2.71. The molecule has 0 atom stereocenters. The highest BCUT2D eigenvalue weighted by Gasteiger charge is 2.07. The molecule has 3 aromatic rings. The van der Waals surface area contributed by atoms with Crippen LogP contribution in [0.3, 0.4) is 0 Å². The molecule has 0 aliphatic rings. The summed E-state index contributed by atoms with van der Waals surface area (Å²) in [6.45, 7) is 2.49. The number of nitrogens with zero attached hydrogens (tertiary/aromatic N) is 2. The van der Waals surface area contributed by atoms with E-state index in [1.165, 1.54) is 0 Å². The first-order valence-electron chi connectivity index (χ1n) is 8.83. The predicted molar refractivity (Wildman–Crippen MR) is 110 cm³/mol. The molecule has 2 N–H and O–H groups in total. The minimum Gasteiger partial charge on any atom is -0.497 e. The van der Waals surface area contributed by atoms with Gasteiger partial charge in [-0.25, -0.2) is 4.98 Å². The largest absolute Gasteiger partial charge is 0.497 e. The first kappa shape index (κ1) is 19.3. The van der Waals surface area contributed by atoms with Gasteiger partial charge in [-0.1, -0.05) is 6.07 Å². The van der Waals surface area contributed by atoms with Crippen molar-refractivity contribution < 1.29 is 14.2 Å². The second-order valence-corrected chi connectivity index (χ2v) is 6.11. The minimum absolute atomic E-state index is 0.547.